The van der Waals surface area contributed by atoms with E-state index in [2.05, 4.69) is 24.0 Å². The number of aromatic nitrogens is 2. The number of rotatable bonds is 4. The topological polar surface area (TPSA) is 55.1 Å². The van der Waals surface area contributed by atoms with Crippen LogP contribution in [0.4, 0.5) is 0 Å². The first-order chi connectivity index (χ1) is 12.2. The number of aromatic hydroxyl groups is 1. The van der Waals surface area contributed by atoms with Crippen LogP contribution in [0.2, 0.25) is 0 Å². The van der Waals surface area contributed by atoms with Gasteiger partial charge in [0, 0.05) is 6.20 Å². The molecule has 2 aromatic heterocycles. The fourth-order valence-corrected chi connectivity index (χ4v) is 3.77. The van der Waals surface area contributed by atoms with Crippen LogP contribution in [0.3, 0.4) is 0 Å². The summed E-state index contributed by atoms with van der Waals surface area (Å²) in [4.78, 5) is 17.6. The van der Waals surface area contributed by atoms with E-state index in [4.69, 9.17) is 0 Å². The van der Waals surface area contributed by atoms with E-state index in [0.717, 1.165) is 31.4 Å². The summed E-state index contributed by atoms with van der Waals surface area (Å²) >= 11 is 0. The number of aryl methyl sites for hydroxylation is 2. The molecule has 1 N–H and O–H groups in total. The molecule has 1 aromatic carbocycles. The highest BCUT2D eigenvalue weighted by Gasteiger charge is 2.19. The van der Waals surface area contributed by atoms with Crippen LogP contribution in [-0.2, 0) is 19.3 Å². The molecule has 2 heterocycles. The number of hydrogen-bond acceptors (Lipinski definition) is 3. The highest BCUT2D eigenvalue weighted by Crippen LogP contribution is 2.29. The van der Waals surface area contributed by atoms with Crippen LogP contribution in [0.25, 0.3) is 16.7 Å². The van der Waals surface area contributed by atoms with Gasteiger partial charge in [-0.05, 0) is 67.5 Å². The Balaban J connectivity index is 2.00. The summed E-state index contributed by atoms with van der Waals surface area (Å²) in [6.07, 6.45) is 7.43. The maximum absolute atomic E-state index is 13.2. The van der Waals surface area contributed by atoms with E-state index in [1.54, 1.807) is 16.8 Å². The van der Waals surface area contributed by atoms with Crippen molar-refractivity contribution in [2.24, 2.45) is 0 Å². The van der Waals surface area contributed by atoms with Gasteiger partial charge in [0.15, 0.2) is 5.65 Å². The quantitative estimate of drug-likeness (QED) is 0.787. The van der Waals surface area contributed by atoms with Gasteiger partial charge < -0.3 is 5.11 Å². The molecule has 0 radical (unpaired) electrons. The molecule has 1 aliphatic carbocycles. The van der Waals surface area contributed by atoms with Gasteiger partial charge in [0.25, 0.3) is 5.56 Å². The van der Waals surface area contributed by atoms with Gasteiger partial charge in [0.2, 0.25) is 0 Å². The molecule has 0 amide bonds. The third-order valence-electron chi connectivity index (χ3n) is 5.12. The molecule has 128 valence electrons. The molecule has 0 bridgehead atoms. The fraction of sp³-hybridized carbons (Fsp3) is 0.333. The highest BCUT2D eigenvalue weighted by atomic mass is 16.3. The molecular formula is C21H22N2O2. The third kappa shape index (κ3) is 2.62. The first-order valence-electron chi connectivity index (χ1n) is 9.04. The lowest BCUT2D eigenvalue weighted by Crippen LogP contribution is -2.24. The molecule has 0 fully saturated rings. The van der Waals surface area contributed by atoms with Gasteiger partial charge in [-0.25, -0.2) is 4.98 Å². The molecule has 1 aliphatic rings. The zero-order chi connectivity index (χ0) is 17.4. The Bertz CT molecular complexity index is 1000. The molecule has 4 rings (SSSR count). The van der Waals surface area contributed by atoms with Crippen molar-refractivity contribution < 1.29 is 5.11 Å². The number of hydrogen-bond donors (Lipinski definition) is 1. The highest BCUT2D eigenvalue weighted by molar-refractivity contribution is 5.84. The zero-order valence-corrected chi connectivity index (χ0v) is 14.5. The molecular weight excluding hydrogens is 312 g/mol. The molecule has 0 saturated carbocycles. The lowest BCUT2D eigenvalue weighted by molar-refractivity contribution is 0.470. The van der Waals surface area contributed by atoms with Gasteiger partial charge in [0.05, 0.1) is 16.6 Å². The lowest BCUT2D eigenvalue weighted by Gasteiger charge is -2.15. The van der Waals surface area contributed by atoms with E-state index in [9.17, 15) is 9.90 Å². The van der Waals surface area contributed by atoms with Crippen molar-refractivity contribution in [3.63, 3.8) is 0 Å². The van der Waals surface area contributed by atoms with Crippen molar-refractivity contribution >= 4 is 11.0 Å². The monoisotopic (exact) mass is 334 g/mol. The van der Waals surface area contributed by atoms with Gasteiger partial charge in [-0.1, -0.05) is 19.4 Å². The summed E-state index contributed by atoms with van der Waals surface area (Å²) in [5, 5.41) is 11.3. The Kier molecular flexibility index (Phi) is 4.04. The van der Waals surface area contributed by atoms with Crippen molar-refractivity contribution in [1.82, 2.24) is 9.55 Å². The summed E-state index contributed by atoms with van der Waals surface area (Å²) in [6.45, 7) is 2.08. The number of nitrogens with zero attached hydrogens (tertiary/aromatic N) is 2. The molecule has 0 unspecified atom stereocenters. The standard InChI is InChI=1S/C21H22N2O2/c1-2-3-8-18-19(24)17-9-5-12-22-20(17)23(21(18)25)16-11-10-14-6-4-7-15(14)13-16/h5,9-13,24H,2-4,6-8H2,1H3. The van der Waals surface area contributed by atoms with E-state index < -0.39 is 0 Å². The lowest BCUT2D eigenvalue weighted by atomic mass is 10.1. The van der Waals surface area contributed by atoms with Gasteiger partial charge in [0.1, 0.15) is 5.75 Å². The van der Waals surface area contributed by atoms with Crippen molar-refractivity contribution in [2.45, 2.75) is 45.4 Å². The van der Waals surface area contributed by atoms with E-state index in [0.29, 0.717) is 23.0 Å². The normalized spacial score (nSPS) is 13.3. The van der Waals surface area contributed by atoms with Gasteiger partial charge in [-0.3, -0.25) is 9.36 Å². The second kappa shape index (κ2) is 6.36. The zero-order valence-electron chi connectivity index (χ0n) is 14.5. The van der Waals surface area contributed by atoms with Crippen LogP contribution in [-0.4, -0.2) is 14.7 Å². The predicted octanol–water partition coefficient (Wildman–Crippen LogP) is 3.92. The Morgan fingerprint density at radius 1 is 1.20 bits per heavy atom. The fourth-order valence-electron chi connectivity index (χ4n) is 3.77. The smallest absolute Gasteiger partial charge is 0.263 e. The molecule has 0 spiro atoms. The van der Waals surface area contributed by atoms with Crippen LogP contribution >= 0.6 is 0 Å². The number of benzene rings is 1. The molecule has 0 aliphatic heterocycles. The third-order valence-corrected chi connectivity index (χ3v) is 5.12. The molecule has 4 heteroatoms. The minimum Gasteiger partial charge on any atom is -0.507 e. The van der Waals surface area contributed by atoms with E-state index in [-0.39, 0.29) is 11.3 Å². The Morgan fingerprint density at radius 2 is 2.04 bits per heavy atom. The summed E-state index contributed by atoms with van der Waals surface area (Å²) in [6, 6.07) is 9.86. The summed E-state index contributed by atoms with van der Waals surface area (Å²) in [7, 11) is 0. The van der Waals surface area contributed by atoms with Crippen LogP contribution in [0.5, 0.6) is 5.75 Å². The Morgan fingerprint density at radius 3 is 2.88 bits per heavy atom. The van der Waals surface area contributed by atoms with Crippen LogP contribution in [0.1, 0.15) is 42.9 Å². The SMILES string of the molecule is CCCCc1c(O)c2cccnc2n(-c2ccc3c(c2)CCC3)c1=O. The number of pyridine rings is 2. The predicted molar refractivity (Wildman–Crippen MR) is 99.6 cm³/mol. The number of unbranched alkanes of at least 4 members (excludes halogenated alkanes) is 1. The maximum atomic E-state index is 13.2. The first kappa shape index (κ1) is 15.9. The van der Waals surface area contributed by atoms with Crippen molar-refractivity contribution in [3.05, 3.63) is 63.6 Å². The molecule has 0 saturated heterocycles. The van der Waals surface area contributed by atoms with Crippen LogP contribution in [0, 0.1) is 0 Å². The molecule has 0 atom stereocenters. The molecule has 25 heavy (non-hydrogen) atoms. The summed E-state index contributed by atoms with van der Waals surface area (Å²) < 4.78 is 1.67. The molecule has 4 nitrogen and oxygen atoms in total. The maximum Gasteiger partial charge on any atom is 0.263 e. The van der Waals surface area contributed by atoms with Crippen molar-refractivity contribution in [3.8, 4) is 11.4 Å². The second-order valence-corrected chi connectivity index (χ2v) is 6.75. The van der Waals surface area contributed by atoms with Crippen molar-refractivity contribution in [2.75, 3.05) is 0 Å². The largest absolute Gasteiger partial charge is 0.507 e. The molecule has 3 aromatic rings. The minimum absolute atomic E-state index is 0.0824. The van der Waals surface area contributed by atoms with Gasteiger partial charge in [-0.2, -0.15) is 0 Å². The first-order valence-corrected chi connectivity index (χ1v) is 9.04. The van der Waals surface area contributed by atoms with Crippen LogP contribution < -0.4 is 5.56 Å². The number of fused-ring (bicyclic) bond motifs is 2. The average Bonchev–Trinajstić information content (AvgIpc) is 3.10. The van der Waals surface area contributed by atoms with Gasteiger partial charge >= 0.3 is 0 Å². The van der Waals surface area contributed by atoms with E-state index in [1.165, 1.54) is 17.5 Å². The van der Waals surface area contributed by atoms with E-state index >= 15 is 0 Å². The Hall–Kier alpha value is -2.62. The summed E-state index contributed by atoms with van der Waals surface area (Å²) in [5.74, 6) is 0.0824. The van der Waals surface area contributed by atoms with Gasteiger partial charge in [-0.15, -0.1) is 0 Å². The summed E-state index contributed by atoms with van der Waals surface area (Å²) in [5.41, 5.74) is 4.38. The average molecular weight is 334 g/mol. The Labute approximate surface area is 146 Å². The van der Waals surface area contributed by atoms with E-state index in [1.807, 2.05) is 12.1 Å². The minimum atomic E-state index is -0.157. The van der Waals surface area contributed by atoms with Crippen molar-refractivity contribution in [1.29, 1.82) is 0 Å². The van der Waals surface area contributed by atoms with Crippen LogP contribution in [0.15, 0.2) is 41.3 Å². The second-order valence-electron chi connectivity index (χ2n) is 6.75.